The van der Waals surface area contributed by atoms with E-state index in [9.17, 15) is 139 Å². The van der Waals surface area contributed by atoms with Crippen LogP contribution < -0.4 is 16.0 Å². The number of hydrogen-bond donors (Lipinski definition) is 20. The van der Waals surface area contributed by atoms with Gasteiger partial charge < -0.3 is 140 Å². The van der Waals surface area contributed by atoms with Crippen molar-refractivity contribution in [2.45, 2.75) is 205 Å². The summed E-state index contributed by atoms with van der Waals surface area (Å²) in [5, 5.41) is 158. The minimum atomic E-state index is -5.41. The fourth-order valence-corrected chi connectivity index (χ4v) is 12.3. The maximum absolute atomic E-state index is 12.9. The predicted octanol–water partition coefficient (Wildman–Crippen LogP) is -13.7. The maximum Gasteiger partial charge on any atom is 0.335 e. The summed E-state index contributed by atoms with van der Waals surface area (Å²) in [7, 11) is -15.8. The fourth-order valence-electron chi connectivity index (χ4n) is 10.2. The molecule has 0 bridgehead atoms. The molecular weight excluding hydrogens is 1280 g/mol. The first-order valence-electron chi connectivity index (χ1n) is 25.5. The monoisotopic (exact) mass is 1350 g/mol. The molecule has 0 aromatic carbocycles. The van der Waals surface area contributed by atoms with Crippen molar-refractivity contribution in [3.8, 4) is 0 Å². The molecule has 3 amide bonds. The molecule has 0 unspecified atom stereocenters. The molecule has 88 heavy (non-hydrogen) atoms. The second kappa shape index (κ2) is 28.7. The molecular formula is C42H65N3O40S3. The van der Waals surface area contributed by atoms with E-state index in [1.165, 1.54) is 0 Å². The smallest absolute Gasteiger partial charge is 0.335 e. The molecule has 6 rings (SSSR count). The van der Waals surface area contributed by atoms with Gasteiger partial charge in [0.2, 0.25) is 17.7 Å². The van der Waals surface area contributed by atoms with Crippen molar-refractivity contribution < 1.29 is 191 Å². The molecule has 0 aromatic rings. The SMILES string of the molecule is CC(=O)N[C@H]1[C@H](O[C@H]2[C@H](O)[C@@H](O)[C@H](O[C@H]3[C@H](O)[C@@H](NC(C)=O)[C@@H](O[C@H]4[C@H](O)[C@@H](O)[C@H](O)O[C@@H]4C(=O)O)O[C@@H]3CS(=O)(=O)O)O[C@@H]2C(=O)O)O[C@H](CS(=O)(=O)O)[C@@H](O[C@@H]2O[C@H](C(=O)O)[C@@H](O[C@H]3O[C@H](CS(=O)(=O)O)[C@@H](O)[C@H](O)[C@H]3NC(C)=O)[C@H](O)[C@H]2O)[C@@H]1O. The van der Waals surface area contributed by atoms with Crippen molar-refractivity contribution in [2.75, 3.05) is 17.3 Å². The van der Waals surface area contributed by atoms with Gasteiger partial charge in [0.25, 0.3) is 30.4 Å². The van der Waals surface area contributed by atoms with Gasteiger partial charge in [0.1, 0.15) is 145 Å². The van der Waals surface area contributed by atoms with Crippen molar-refractivity contribution in [1.29, 1.82) is 0 Å². The first-order valence-corrected chi connectivity index (χ1v) is 30.4. The number of ether oxygens (including phenoxy) is 11. The van der Waals surface area contributed by atoms with Gasteiger partial charge in [-0.2, -0.15) is 25.3 Å². The van der Waals surface area contributed by atoms with Crippen LogP contribution in [0.5, 0.6) is 0 Å². The van der Waals surface area contributed by atoms with Gasteiger partial charge in [-0.3, -0.25) is 28.0 Å². The Morgan fingerprint density at radius 1 is 0.341 bits per heavy atom. The van der Waals surface area contributed by atoms with E-state index in [1.54, 1.807) is 0 Å². The number of aliphatic hydroxyl groups is 11. The number of rotatable bonds is 22. The summed E-state index contributed by atoms with van der Waals surface area (Å²) in [6.45, 7) is 2.46. The maximum atomic E-state index is 12.9. The fraction of sp³-hybridized carbons (Fsp3) is 0.857. The van der Waals surface area contributed by atoms with Gasteiger partial charge >= 0.3 is 17.9 Å². The van der Waals surface area contributed by atoms with Gasteiger partial charge in [0, 0.05) is 20.8 Å². The van der Waals surface area contributed by atoms with E-state index in [0.29, 0.717) is 0 Å². The summed E-state index contributed by atoms with van der Waals surface area (Å²) >= 11 is 0. The standard InChI is InChI=1S/C42H65N3O40S3/c1-7(46)43-13-17(50)16(49)10(4-86(66,67)68)75-38(13)82-29-21(54)24(57)41(84-32(29)35(61)62)80-27-12(6-88(72,73)74)77-40(15(19(27)52)45-9(3)48)83-30-22(55)25(58)42(85-33(30)36(63)64)79-26-11(5-87(69,70)71)76-39(14(18(26)51)44-8(2)47)81-28-20(53)23(56)37(65)78-31(28)34(59)60/h10-33,37-42,49-58,65H,4-6H2,1-3H3,(H,43,46)(H,44,47)(H,45,48)(H,59,60)(H,61,62)(H,63,64)(H,66,67,68)(H,69,70,71)(H,72,73,74)/t10-,11-,12-,13-,14-,15-,16-,17-,18-,19-,20-,21-,22-,23-,24-,25-,26-,27-,28+,29+,30+,31+,32+,33+,37-,38-,39-,40+,41-,42-/m1/s1. The van der Waals surface area contributed by atoms with Gasteiger partial charge in [0.15, 0.2) is 56.1 Å². The van der Waals surface area contributed by atoms with Crippen LogP contribution >= 0.6 is 0 Å². The number of carboxylic acid groups (broad SMARTS) is 3. The Kier molecular flexibility index (Phi) is 23.7. The Bertz CT molecular complexity index is 2860. The van der Waals surface area contributed by atoms with Crippen LogP contribution in [0.4, 0.5) is 0 Å². The topological polar surface area (TPSA) is 686 Å². The molecule has 43 nitrogen and oxygen atoms in total. The third-order valence-corrected chi connectivity index (χ3v) is 16.4. The first-order chi connectivity index (χ1) is 40.5. The van der Waals surface area contributed by atoms with E-state index in [-0.39, 0.29) is 0 Å². The molecule has 30 atom stereocenters. The third kappa shape index (κ3) is 17.4. The number of nitrogens with one attached hydrogen (secondary N) is 3. The molecule has 6 saturated heterocycles. The zero-order valence-electron chi connectivity index (χ0n) is 45.2. The number of hydrogen-bond acceptors (Lipinski definition) is 34. The summed E-state index contributed by atoms with van der Waals surface area (Å²) in [6.07, 6.45) is -66.4. The second-order valence-corrected chi connectivity index (χ2v) is 25.3. The quantitative estimate of drug-likeness (QED) is 0.0448. The van der Waals surface area contributed by atoms with E-state index in [1.807, 2.05) is 0 Å². The number of carboxylic acids is 3. The first kappa shape index (κ1) is 72.7. The molecule has 6 aliphatic rings. The molecule has 0 aliphatic carbocycles. The zero-order valence-corrected chi connectivity index (χ0v) is 47.6. The predicted molar refractivity (Wildman–Crippen MR) is 264 cm³/mol. The Morgan fingerprint density at radius 2 is 0.614 bits per heavy atom. The third-order valence-electron chi connectivity index (χ3n) is 14.1. The van der Waals surface area contributed by atoms with Crippen LogP contribution in [0.15, 0.2) is 0 Å². The number of carbonyl (C=O) groups excluding carboxylic acids is 3. The second-order valence-electron chi connectivity index (χ2n) is 20.8. The van der Waals surface area contributed by atoms with Crippen LogP contribution in [0.25, 0.3) is 0 Å². The highest BCUT2D eigenvalue weighted by atomic mass is 32.2. The Labute approximate surface area is 494 Å². The molecule has 506 valence electrons. The highest BCUT2D eigenvalue weighted by molar-refractivity contribution is 7.86. The lowest BCUT2D eigenvalue weighted by molar-refractivity contribution is -0.375. The summed E-state index contributed by atoms with van der Waals surface area (Å²) in [5.74, 6) is -14.2. The van der Waals surface area contributed by atoms with Crippen LogP contribution in [0.1, 0.15) is 20.8 Å². The minimum Gasteiger partial charge on any atom is -0.479 e. The lowest BCUT2D eigenvalue weighted by Gasteiger charge is -2.50. The van der Waals surface area contributed by atoms with Gasteiger partial charge in [-0.15, -0.1) is 0 Å². The van der Waals surface area contributed by atoms with E-state index in [0.717, 1.165) is 20.8 Å². The highest BCUT2D eigenvalue weighted by Crippen LogP contribution is 2.38. The molecule has 6 heterocycles. The largest absolute Gasteiger partial charge is 0.479 e. The van der Waals surface area contributed by atoms with Crippen LogP contribution in [-0.2, 0) is 111 Å². The van der Waals surface area contributed by atoms with Gasteiger partial charge in [-0.05, 0) is 0 Å². The summed E-state index contributed by atoms with van der Waals surface area (Å²) in [6, 6.07) is -6.31. The lowest BCUT2D eigenvalue weighted by atomic mass is 9.94. The Balaban J connectivity index is 1.26. The van der Waals surface area contributed by atoms with Crippen molar-refractivity contribution in [2.24, 2.45) is 0 Å². The number of aliphatic hydroxyl groups excluding tert-OH is 11. The molecule has 0 radical (unpaired) electrons. The van der Waals surface area contributed by atoms with Crippen LogP contribution in [0, 0.1) is 0 Å². The van der Waals surface area contributed by atoms with Gasteiger partial charge in [-0.1, -0.05) is 0 Å². The van der Waals surface area contributed by atoms with Gasteiger partial charge in [0.05, 0.1) is 0 Å². The van der Waals surface area contributed by atoms with E-state index in [2.05, 4.69) is 16.0 Å². The average Bonchev–Trinajstić information content (AvgIpc) is 2.51. The highest BCUT2D eigenvalue weighted by Gasteiger charge is 2.60. The molecule has 0 aromatic heterocycles. The molecule has 20 N–H and O–H groups in total. The molecule has 0 saturated carbocycles. The van der Waals surface area contributed by atoms with E-state index >= 15 is 0 Å². The minimum absolute atomic E-state index is 0.771. The van der Waals surface area contributed by atoms with Crippen molar-refractivity contribution in [3.63, 3.8) is 0 Å². The number of amides is 3. The van der Waals surface area contributed by atoms with Crippen molar-refractivity contribution in [3.05, 3.63) is 0 Å². The molecule has 6 fully saturated rings. The molecule has 0 spiro atoms. The van der Waals surface area contributed by atoms with E-state index < -0.39 is 267 Å². The number of aliphatic carboxylic acids is 3. The van der Waals surface area contributed by atoms with Crippen LogP contribution in [-0.4, -0.2) is 347 Å². The van der Waals surface area contributed by atoms with E-state index in [4.69, 9.17) is 52.1 Å². The average molecular weight is 1350 g/mol. The summed E-state index contributed by atoms with van der Waals surface area (Å²) in [5.41, 5.74) is 0. The zero-order chi connectivity index (χ0) is 66.3. The lowest BCUT2D eigenvalue weighted by Crippen LogP contribution is -2.71. The van der Waals surface area contributed by atoms with Crippen molar-refractivity contribution in [1.82, 2.24) is 16.0 Å². The number of carbonyl (C=O) groups is 6. The van der Waals surface area contributed by atoms with Crippen LogP contribution in [0.3, 0.4) is 0 Å². The van der Waals surface area contributed by atoms with Crippen molar-refractivity contribution >= 4 is 66.0 Å². The molecule has 6 aliphatic heterocycles. The Morgan fingerprint density at radius 3 is 0.920 bits per heavy atom. The van der Waals surface area contributed by atoms with Gasteiger partial charge in [-0.25, -0.2) is 14.4 Å². The summed E-state index contributed by atoms with van der Waals surface area (Å²) in [4.78, 5) is 74.9. The normalized spacial score (nSPS) is 43.6. The summed E-state index contributed by atoms with van der Waals surface area (Å²) < 4.78 is 162. The molecule has 46 heteroatoms. The Hall–Kier alpha value is -4.33. The van der Waals surface area contributed by atoms with Crippen LogP contribution in [0.2, 0.25) is 0 Å².